The van der Waals surface area contributed by atoms with E-state index >= 15 is 0 Å². The zero-order chi connectivity index (χ0) is 11.4. The molecule has 84 valence electrons. The molecule has 0 amide bonds. The topological polar surface area (TPSA) is 30.2 Å². The lowest BCUT2D eigenvalue weighted by molar-refractivity contribution is 0.0957. The smallest absolute Gasteiger partial charge is 0.166 e. The van der Waals surface area contributed by atoms with Gasteiger partial charge >= 0.3 is 0 Å². The predicted molar refractivity (Wildman–Crippen MR) is 61.2 cm³/mol. The van der Waals surface area contributed by atoms with Crippen LogP contribution in [0.15, 0.2) is 10.5 Å². The highest BCUT2D eigenvalue weighted by Crippen LogP contribution is 2.20. The molecule has 0 bridgehead atoms. The largest absolute Gasteiger partial charge is 0.466 e. The monoisotopic (exact) mass is 208 g/mol. The normalized spacial score (nSPS) is 11.0. The maximum atomic E-state index is 11.9. The first kappa shape index (κ1) is 12.0. The van der Waals surface area contributed by atoms with Gasteiger partial charge in [-0.05, 0) is 25.8 Å². The summed E-state index contributed by atoms with van der Waals surface area (Å²) in [6.07, 6.45) is 2.78. The third-order valence-corrected chi connectivity index (χ3v) is 2.97. The highest BCUT2D eigenvalue weighted by molar-refractivity contribution is 5.97. The second-order valence-corrected chi connectivity index (χ2v) is 4.14. The number of carbonyl (C=O) groups is 1. The van der Waals surface area contributed by atoms with Crippen molar-refractivity contribution in [2.75, 3.05) is 0 Å². The van der Waals surface area contributed by atoms with Crippen LogP contribution < -0.4 is 0 Å². The van der Waals surface area contributed by atoms with E-state index in [1.165, 1.54) is 0 Å². The fourth-order valence-electron chi connectivity index (χ4n) is 1.86. The summed E-state index contributed by atoms with van der Waals surface area (Å²) in [6.45, 7) is 8.00. The zero-order valence-corrected chi connectivity index (χ0v) is 10.1. The maximum absolute atomic E-state index is 11.9. The fourth-order valence-corrected chi connectivity index (χ4v) is 1.86. The van der Waals surface area contributed by atoms with Crippen molar-refractivity contribution in [2.24, 2.45) is 5.92 Å². The van der Waals surface area contributed by atoms with Crippen molar-refractivity contribution in [3.63, 3.8) is 0 Å². The summed E-state index contributed by atoms with van der Waals surface area (Å²) >= 11 is 0. The maximum Gasteiger partial charge on any atom is 0.166 e. The molecule has 0 unspecified atom stereocenters. The summed E-state index contributed by atoms with van der Waals surface area (Å²) in [4.78, 5) is 11.9. The minimum Gasteiger partial charge on any atom is -0.466 e. The molecular weight excluding hydrogens is 188 g/mol. The summed E-state index contributed by atoms with van der Waals surface area (Å²) in [5.41, 5.74) is 0.763. The highest BCUT2D eigenvalue weighted by Gasteiger charge is 2.16. The first-order valence-corrected chi connectivity index (χ1v) is 5.68. The van der Waals surface area contributed by atoms with Crippen molar-refractivity contribution in [3.05, 3.63) is 23.2 Å². The van der Waals surface area contributed by atoms with Crippen LogP contribution in [0.5, 0.6) is 0 Å². The van der Waals surface area contributed by atoms with Crippen molar-refractivity contribution in [3.8, 4) is 0 Å². The van der Waals surface area contributed by atoms with Crippen molar-refractivity contribution in [1.82, 2.24) is 0 Å². The van der Waals surface area contributed by atoms with Crippen molar-refractivity contribution < 1.29 is 9.21 Å². The zero-order valence-electron chi connectivity index (χ0n) is 10.1. The molecule has 1 rings (SSSR count). The molecule has 0 aromatic carbocycles. The lowest BCUT2D eigenvalue weighted by Crippen LogP contribution is -2.07. The molecule has 0 aliphatic rings. The van der Waals surface area contributed by atoms with E-state index in [2.05, 4.69) is 13.8 Å². The Morgan fingerprint density at radius 3 is 2.33 bits per heavy atom. The molecule has 0 fully saturated rings. The van der Waals surface area contributed by atoms with E-state index in [1.54, 1.807) is 0 Å². The molecule has 0 saturated heterocycles. The summed E-state index contributed by atoms with van der Waals surface area (Å²) in [5, 5.41) is 0. The Morgan fingerprint density at radius 1 is 1.33 bits per heavy atom. The molecule has 1 heterocycles. The van der Waals surface area contributed by atoms with E-state index in [0.717, 1.165) is 29.9 Å². The standard InChI is InChI=1S/C13H20O2/c1-5-11(6-2)8-13(14)12-7-9(3)15-10(12)4/h7,11H,5-6,8H2,1-4H3. The van der Waals surface area contributed by atoms with Gasteiger partial charge < -0.3 is 4.42 Å². The molecule has 0 N–H and O–H groups in total. The predicted octanol–water partition coefficient (Wildman–Crippen LogP) is 3.91. The molecule has 2 nitrogen and oxygen atoms in total. The average Bonchev–Trinajstić information content (AvgIpc) is 2.54. The first-order chi connectivity index (χ1) is 7.08. The van der Waals surface area contributed by atoms with Crippen LogP contribution in [0, 0.1) is 19.8 Å². The van der Waals surface area contributed by atoms with Crippen LogP contribution in [-0.2, 0) is 0 Å². The Hall–Kier alpha value is -1.05. The number of aryl methyl sites for hydroxylation is 2. The number of hydrogen-bond donors (Lipinski definition) is 0. The van der Waals surface area contributed by atoms with Crippen LogP contribution in [-0.4, -0.2) is 5.78 Å². The van der Waals surface area contributed by atoms with Gasteiger partial charge in [0, 0.05) is 6.42 Å². The van der Waals surface area contributed by atoms with E-state index in [1.807, 2.05) is 19.9 Å². The van der Waals surface area contributed by atoms with Crippen molar-refractivity contribution >= 4 is 5.78 Å². The van der Waals surface area contributed by atoms with Crippen LogP contribution in [0.25, 0.3) is 0 Å². The number of hydrogen-bond acceptors (Lipinski definition) is 2. The van der Waals surface area contributed by atoms with Crippen LogP contribution in [0.4, 0.5) is 0 Å². The molecule has 2 heteroatoms. The number of ketones is 1. The lowest BCUT2D eigenvalue weighted by Gasteiger charge is -2.09. The van der Waals surface area contributed by atoms with Gasteiger partial charge in [0.15, 0.2) is 5.78 Å². The van der Waals surface area contributed by atoms with Gasteiger partial charge in [-0.15, -0.1) is 0 Å². The molecule has 0 saturated carbocycles. The molecular formula is C13H20O2. The minimum absolute atomic E-state index is 0.220. The van der Waals surface area contributed by atoms with E-state index in [-0.39, 0.29) is 5.78 Å². The van der Waals surface area contributed by atoms with E-state index in [0.29, 0.717) is 12.3 Å². The third kappa shape index (κ3) is 2.95. The molecule has 0 aliphatic heterocycles. The SMILES string of the molecule is CCC(CC)CC(=O)c1cc(C)oc1C. The van der Waals surface area contributed by atoms with E-state index < -0.39 is 0 Å². The molecule has 1 aromatic rings. The van der Waals surface area contributed by atoms with Gasteiger partial charge in [0.25, 0.3) is 0 Å². The molecule has 0 atom stereocenters. The van der Waals surface area contributed by atoms with Crippen LogP contribution in [0.2, 0.25) is 0 Å². The second kappa shape index (κ2) is 5.15. The average molecular weight is 208 g/mol. The summed E-state index contributed by atoms with van der Waals surface area (Å²) in [7, 11) is 0. The molecule has 0 radical (unpaired) electrons. The number of carbonyl (C=O) groups excluding carboxylic acids is 1. The van der Waals surface area contributed by atoms with Crippen LogP contribution >= 0.6 is 0 Å². The number of furan rings is 1. The van der Waals surface area contributed by atoms with Crippen LogP contribution in [0.1, 0.15) is 55.0 Å². The first-order valence-electron chi connectivity index (χ1n) is 5.68. The Bertz CT molecular complexity index is 332. The van der Waals surface area contributed by atoms with Gasteiger partial charge in [0.1, 0.15) is 11.5 Å². The highest BCUT2D eigenvalue weighted by atomic mass is 16.3. The molecule has 0 aliphatic carbocycles. The Kier molecular flexibility index (Phi) is 4.13. The fraction of sp³-hybridized carbons (Fsp3) is 0.615. The molecule has 1 aromatic heterocycles. The summed E-state index contributed by atoms with van der Waals surface area (Å²) in [6, 6.07) is 1.85. The van der Waals surface area contributed by atoms with Gasteiger partial charge in [-0.25, -0.2) is 0 Å². The summed E-state index contributed by atoms with van der Waals surface area (Å²) < 4.78 is 5.36. The van der Waals surface area contributed by atoms with Crippen molar-refractivity contribution in [2.45, 2.75) is 47.0 Å². The number of rotatable bonds is 5. The second-order valence-electron chi connectivity index (χ2n) is 4.14. The van der Waals surface area contributed by atoms with Crippen molar-refractivity contribution in [1.29, 1.82) is 0 Å². The Morgan fingerprint density at radius 2 is 1.93 bits per heavy atom. The Labute approximate surface area is 91.7 Å². The van der Waals surface area contributed by atoms with Gasteiger partial charge in [0.2, 0.25) is 0 Å². The van der Waals surface area contributed by atoms with E-state index in [9.17, 15) is 4.79 Å². The summed E-state index contributed by atoms with van der Waals surface area (Å²) in [5.74, 6) is 2.30. The lowest BCUT2D eigenvalue weighted by atomic mass is 9.94. The van der Waals surface area contributed by atoms with Crippen LogP contribution in [0.3, 0.4) is 0 Å². The quantitative estimate of drug-likeness (QED) is 0.687. The van der Waals surface area contributed by atoms with Gasteiger partial charge in [-0.3, -0.25) is 4.79 Å². The minimum atomic E-state index is 0.220. The van der Waals surface area contributed by atoms with Gasteiger partial charge in [-0.1, -0.05) is 26.7 Å². The third-order valence-electron chi connectivity index (χ3n) is 2.97. The van der Waals surface area contributed by atoms with E-state index in [4.69, 9.17) is 4.42 Å². The molecule has 15 heavy (non-hydrogen) atoms. The Balaban J connectivity index is 2.72. The van der Waals surface area contributed by atoms with Gasteiger partial charge in [0.05, 0.1) is 5.56 Å². The van der Waals surface area contributed by atoms with Gasteiger partial charge in [-0.2, -0.15) is 0 Å². The number of Topliss-reactive ketones (excluding diaryl/α,β-unsaturated/α-hetero) is 1. The molecule has 0 spiro atoms.